The fourth-order valence-corrected chi connectivity index (χ4v) is 2.85. The number of nitrogens with zero attached hydrogens (tertiary/aromatic N) is 1. The number of para-hydroxylation sites is 1. The maximum absolute atomic E-state index is 12.4. The first-order valence-electron chi connectivity index (χ1n) is 7.81. The van der Waals surface area contributed by atoms with Crippen LogP contribution in [-0.2, 0) is 19.1 Å². The van der Waals surface area contributed by atoms with Gasteiger partial charge in [-0.3, -0.25) is 9.59 Å². The monoisotopic (exact) mass is 330 g/mol. The Hall–Kier alpha value is -2.83. The lowest BCUT2D eigenvalue weighted by Crippen LogP contribution is -2.34. The summed E-state index contributed by atoms with van der Waals surface area (Å²) in [5.41, 5.74) is 1.56. The summed E-state index contributed by atoms with van der Waals surface area (Å²) in [4.78, 5) is 40.5. The predicted octanol–water partition coefficient (Wildman–Crippen LogP) is 2.18. The molecule has 0 spiro atoms. The molecule has 1 aromatic heterocycles. The summed E-state index contributed by atoms with van der Waals surface area (Å²) < 4.78 is 9.91. The van der Waals surface area contributed by atoms with Crippen LogP contribution < -0.4 is 0 Å². The molecule has 1 fully saturated rings. The van der Waals surface area contributed by atoms with Crippen molar-refractivity contribution in [1.29, 1.82) is 0 Å². The highest BCUT2D eigenvalue weighted by Crippen LogP contribution is 2.30. The fraction of sp³-hybridized carbons (Fsp3) is 0.353. The van der Waals surface area contributed by atoms with Gasteiger partial charge in [0.25, 0.3) is 0 Å². The van der Waals surface area contributed by atoms with Crippen molar-refractivity contribution in [3.05, 3.63) is 36.0 Å². The quantitative estimate of drug-likeness (QED) is 0.849. The largest absolute Gasteiger partial charge is 0.466 e. The Morgan fingerprint density at radius 1 is 1.38 bits per heavy atom. The van der Waals surface area contributed by atoms with E-state index < -0.39 is 23.9 Å². The average Bonchev–Trinajstić information content (AvgIpc) is 3.19. The number of esters is 1. The van der Waals surface area contributed by atoms with Crippen LogP contribution >= 0.6 is 0 Å². The first-order valence-corrected chi connectivity index (χ1v) is 7.81. The van der Waals surface area contributed by atoms with Crippen LogP contribution in [0.25, 0.3) is 10.9 Å². The number of hydrogen-bond acceptors (Lipinski definition) is 5. The van der Waals surface area contributed by atoms with Gasteiger partial charge in [-0.1, -0.05) is 18.2 Å². The van der Waals surface area contributed by atoms with Crippen molar-refractivity contribution in [2.24, 2.45) is 0 Å². The Morgan fingerprint density at radius 2 is 2.17 bits per heavy atom. The van der Waals surface area contributed by atoms with Crippen LogP contribution in [0.1, 0.15) is 24.8 Å². The molecule has 7 heteroatoms. The molecule has 2 amide bonds. The van der Waals surface area contributed by atoms with Crippen LogP contribution in [-0.4, -0.2) is 47.6 Å². The van der Waals surface area contributed by atoms with Gasteiger partial charge in [-0.15, -0.1) is 0 Å². The number of H-pyrrole nitrogens is 1. The van der Waals surface area contributed by atoms with Gasteiger partial charge in [-0.25, -0.2) is 9.69 Å². The molecule has 1 unspecified atom stereocenters. The average molecular weight is 330 g/mol. The number of rotatable bonds is 5. The number of aromatic nitrogens is 1. The van der Waals surface area contributed by atoms with Gasteiger partial charge in [0.1, 0.15) is 6.61 Å². The molecule has 1 atom stereocenters. The number of benzene rings is 1. The number of imide groups is 1. The molecule has 0 aliphatic carbocycles. The Balaban J connectivity index is 1.90. The predicted molar refractivity (Wildman–Crippen MR) is 85.4 cm³/mol. The van der Waals surface area contributed by atoms with Crippen molar-refractivity contribution in [3.8, 4) is 0 Å². The molecule has 0 bridgehead atoms. The van der Waals surface area contributed by atoms with Crippen LogP contribution in [0.4, 0.5) is 4.79 Å². The van der Waals surface area contributed by atoms with E-state index in [0.717, 1.165) is 15.8 Å². The zero-order valence-corrected chi connectivity index (χ0v) is 13.3. The van der Waals surface area contributed by atoms with Gasteiger partial charge in [-0.2, -0.15) is 0 Å². The van der Waals surface area contributed by atoms with E-state index in [1.165, 1.54) is 0 Å². The second-order valence-corrected chi connectivity index (χ2v) is 5.46. The number of nitrogens with one attached hydrogen (secondary N) is 1. The molecule has 0 radical (unpaired) electrons. The van der Waals surface area contributed by atoms with E-state index in [1.54, 1.807) is 13.1 Å². The third kappa shape index (κ3) is 2.97. The smallest absolute Gasteiger partial charge is 0.416 e. The highest BCUT2D eigenvalue weighted by molar-refractivity contribution is 5.97. The third-order valence-electron chi connectivity index (χ3n) is 4.01. The lowest BCUT2D eigenvalue weighted by molar-refractivity contribution is -0.147. The standard InChI is InChI=1S/C17H18N2O5/c1-2-23-16(21)12(9-15(20)19-7-8-24-17(19)22)13-10-18-14-6-4-3-5-11(13)14/h3-6,10,12,18H,2,7-9H2,1H3. The molecule has 7 nitrogen and oxygen atoms in total. The van der Waals surface area contributed by atoms with E-state index in [2.05, 4.69) is 4.98 Å². The summed E-state index contributed by atoms with van der Waals surface area (Å²) in [5, 5.41) is 0.854. The SMILES string of the molecule is CCOC(=O)C(CC(=O)N1CCOC1=O)c1c[nH]c2ccccc12. The number of amides is 2. The summed E-state index contributed by atoms with van der Waals surface area (Å²) in [6, 6.07) is 7.51. The summed E-state index contributed by atoms with van der Waals surface area (Å²) in [7, 11) is 0. The summed E-state index contributed by atoms with van der Waals surface area (Å²) >= 11 is 0. The summed E-state index contributed by atoms with van der Waals surface area (Å²) in [6.45, 7) is 2.32. The highest BCUT2D eigenvalue weighted by Gasteiger charge is 2.34. The van der Waals surface area contributed by atoms with Crippen LogP contribution in [0.5, 0.6) is 0 Å². The number of aromatic amines is 1. The van der Waals surface area contributed by atoms with Gasteiger partial charge in [0.05, 0.1) is 19.1 Å². The van der Waals surface area contributed by atoms with Gasteiger partial charge in [0.15, 0.2) is 0 Å². The van der Waals surface area contributed by atoms with Crippen LogP contribution in [0, 0.1) is 0 Å². The van der Waals surface area contributed by atoms with E-state index >= 15 is 0 Å². The molecule has 1 aliphatic heterocycles. The molecular formula is C17H18N2O5. The molecule has 1 aliphatic rings. The van der Waals surface area contributed by atoms with Crippen LogP contribution in [0.2, 0.25) is 0 Å². The number of cyclic esters (lactones) is 1. The minimum atomic E-state index is -0.776. The lowest BCUT2D eigenvalue weighted by atomic mass is 9.94. The third-order valence-corrected chi connectivity index (χ3v) is 4.01. The minimum Gasteiger partial charge on any atom is -0.466 e. The Bertz CT molecular complexity index is 782. The zero-order valence-electron chi connectivity index (χ0n) is 13.3. The Morgan fingerprint density at radius 3 is 2.88 bits per heavy atom. The van der Waals surface area contributed by atoms with Gasteiger partial charge in [0, 0.05) is 23.5 Å². The first kappa shape index (κ1) is 16.0. The molecule has 2 heterocycles. The molecule has 1 saturated heterocycles. The Labute approximate surface area is 138 Å². The molecular weight excluding hydrogens is 312 g/mol. The van der Waals surface area contributed by atoms with E-state index in [4.69, 9.17) is 9.47 Å². The van der Waals surface area contributed by atoms with Crippen molar-refractivity contribution in [3.63, 3.8) is 0 Å². The van der Waals surface area contributed by atoms with Crippen molar-refractivity contribution >= 4 is 28.9 Å². The topological polar surface area (TPSA) is 88.7 Å². The molecule has 24 heavy (non-hydrogen) atoms. The maximum atomic E-state index is 12.4. The molecule has 126 valence electrons. The number of ether oxygens (including phenoxy) is 2. The molecule has 1 aromatic carbocycles. The lowest BCUT2D eigenvalue weighted by Gasteiger charge is -2.17. The maximum Gasteiger partial charge on any atom is 0.416 e. The summed E-state index contributed by atoms with van der Waals surface area (Å²) in [6.07, 6.45) is 0.902. The van der Waals surface area contributed by atoms with E-state index in [0.29, 0.717) is 5.56 Å². The second kappa shape index (κ2) is 6.74. The normalized spacial score (nSPS) is 15.4. The minimum absolute atomic E-state index is 0.143. The first-order chi connectivity index (χ1) is 11.6. The van der Waals surface area contributed by atoms with Crippen LogP contribution in [0.3, 0.4) is 0 Å². The van der Waals surface area contributed by atoms with Crippen molar-refractivity contribution in [2.45, 2.75) is 19.3 Å². The molecule has 0 saturated carbocycles. The Kier molecular flexibility index (Phi) is 4.50. The number of carbonyl (C=O) groups is 3. The van der Waals surface area contributed by atoms with E-state index in [1.807, 2.05) is 24.3 Å². The van der Waals surface area contributed by atoms with Crippen molar-refractivity contribution in [2.75, 3.05) is 19.8 Å². The van der Waals surface area contributed by atoms with Gasteiger partial charge in [0.2, 0.25) is 5.91 Å². The number of hydrogen-bond donors (Lipinski definition) is 1. The number of fused-ring (bicyclic) bond motifs is 1. The molecule has 2 aromatic rings. The van der Waals surface area contributed by atoms with Crippen LogP contribution in [0.15, 0.2) is 30.5 Å². The van der Waals surface area contributed by atoms with E-state index in [9.17, 15) is 14.4 Å². The van der Waals surface area contributed by atoms with Gasteiger partial charge < -0.3 is 14.5 Å². The molecule has 3 rings (SSSR count). The van der Waals surface area contributed by atoms with Gasteiger partial charge in [-0.05, 0) is 18.6 Å². The summed E-state index contributed by atoms with van der Waals surface area (Å²) in [5.74, 6) is -1.70. The fourth-order valence-electron chi connectivity index (χ4n) is 2.85. The van der Waals surface area contributed by atoms with Crippen molar-refractivity contribution in [1.82, 2.24) is 9.88 Å². The zero-order chi connectivity index (χ0) is 17.1. The second-order valence-electron chi connectivity index (χ2n) is 5.46. The molecule has 1 N–H and O–H groups in total. The van der Waals surface area contributed by atoms with E-state index in [-0.39, 0.29) is 26.2 Å². The van der Waals surface area contributed by atoms with Gasteiger partial charge >= 0.3 is 12.1 Å². The number of carbonyl (C=O) groups excluding carboxylic acids is 3. The van der Waals surface area contributed by atoms with Crippen molar-refractivity contribution < 1.29 is 23.9 Å². The highest BCUT2D eigenvalue weighted by atomic mass is 16.6.